The highest BCUT2D eigenvalue weighted by Crippen LogP contribution is 2.22. The first-order valence-corrected chi connectivity index (χ1v) is 7.66. The van der Waals surface area contributed by atoms with Gasteiger partial charge < -0.3 is 0 Å². The van der Waals surface area contributed by atoms with Crippen molar-refractivity contribution in [3.8, 4) is 0 Å². The van der Waals surface area contributed by atoms with Crippen LogP contribution in [0.15, 0.2) is 12.5 Å². The molecule has 0 saturated carbocycles. The van der Waals surface area contributed by atoms with Crippen molar-refractivity contribution in [1.29, 1.82) is 0 Å². The Morgan fingerprint density at radius 1 is 1.24 bits per heavy atom. The molecule has 0 N–H and O–H groups in total. The molecule has 0 amide bonds. The van der Waals surface area contributed by atoms with Crippen LogP contribution in [0.1, 0.15) is 17.2 Å². The quantitative estimate of drug-likeness (QED) is 0.400. The van der Waals surface area contributed by atoms with E-state index in [1.807, 2.05) is 7.05 Å². The van der Waals surface area contributed by atoms with Crippen molar-refractivity contribution in [3.63, 3.8) is 0 Å². The first kappa shape index (κ1) is 15.2. The van der Waals surface area contributed by atoms with Gasteiger partial charge in [0.05, 0.1) is 16.5 Å². The van der Waals surface area contributed by atoms with Gasteiger partial charge in [-0.25, -0.2) is 14.5 Å². The van der Waals surface area contributed by atoms with E-state index in [0.717, 1.165) is 11.0 Å². The number of aryl methyl sites for hydroxylation is 4. The Hall–Kier alpha value is -3.37. The Kier molecular flexibility index (Phi) is 3.23. The van der Waals surface area contributed by atoms with Gasteiger partial charge >= 0.3 is 5.69 Å². The summed E-state index contributed by atoms with van der Waals surface area (Å²) in [6.45, 7) is 3.79. The molecule has 0 saturated heterocycles. The lowest BCUT2D eigenvalue weighted by Gasteiger charge is -2.00. The van der Waals surface area contributed by atoms with Crippen molar-refractivity contribution in [3.05, 3.63) is 39.9 Å². The second-order valence-corrected chi connectivity index (χ2v) is 5.80. The van der Waals surface area contributed by atoms with Gasteiger partial charge in [0.25, 0.3) is 0 Å². The minimum Gasteiger partial charge on any atom is -0.262 e. The molecule has 0 atom stereocenters. The molecule has 25 heavy (non-hydrogen) atoms. The first-order chi connectivity index (χ1) is 12.0. The Balaban J connectivity index is 1.64. The van der Waals surface area contributed by atoms with E-state index in [1.165, 1.54) is 0 Å². The average Bonchev–Trinajstić information content (AvgIpc) is 3.21. The summed E-state index contributed by atoms with van der Waals surface area (Å²) in [5.41, 5.74) is 2.42. The lowest BCUT2D eigenvalue weighted by atomic mass is 10.3. The molecule has 0 bridgehead atoms. The molecule has 0 radical (unpaired) electrons. The molecule has 4 rings (SSSR count). The van der Waals surface area contributed by atoms with Crippen LogP contribution in [0, 0.1) is 24.0 Å². The van der Waals surface area contributed by atoms with Gasteiger partial charge in [-0.1, -0.05) is 0 Å². The Labute approximate surface area is 141 Å². The van der Waals surface area contributed by atoms with Crippen molar-refractivity contribution < 1.29 is 4.92 Å². The van der Waals surface area contributed by atoms with Crippen LogP contribution in [-0.4, -0.2) is 44.1 Å². The highest BCUT2D eigenvalue weighted by atomic mass is 16.6. The molecule has 11 heteroatoms. The molecule has 0 aliphatic rings. The third-order valence-corrected chi connectivity index (χ3v) is 4.19. The van der Waals surface area contributed by atoms with Gasteiger partial charge in [-0.2, -0.15) is 10.2 Å². The lowest BCUT2D eigenvalue weighted by Crippen LogP contribution is -2.06. The van der Waals surface area contributed by atoms with E-state index in [9.17, 15) is 10.1 Å². The van der Waals surface area contributed by atoms with Crippen molar-refractivity contribution in [2.75, 3.05) is 0 Å². The number of fused-ring (bicyclic) bond motifs is 3. The zero-order valence-electron chi connectivity index (χ0n) is 13.9. The molecule has 0 aromatic carbocycles. The van der Waals surface area contributed by atoms with Crippen LogP contribution in [-0.2, 0) is 20.0 Å². The van der Waals surface area contributed by atoms with Crippen LogP contribution < -0.4 is 0 Å². The van der Waals surface area contributed by atoms with Crippen molar-refractivity contribution in [2.24, 2.45) is 7.05 Å². The molecule has 4 heterocycles. The van der Waals surface area contributed by atoms with Gasteiger partial charge in [0.1, 0.15) is 17.7 Å². The van der Waals surface area contributed by atoms with Crippen LogP contribution in [0.25, 0.3) is 16.7 Å². The monoisotopic (exact) mass is 341 g/mol. The van der Waals surface area contributed by atoms with Gasteiger partial charge in [0, 0.05) is 20.0 Å². The third-order valence-electron chi connectivity index (χ3n) is 4.19. The Morgan fingerprint density at radius 2 is 2.04 bits per heavy atom. The fraction of sp³-hybridized carbons (Fsp3) is 0.357. The normalized spacial score (nSPS) is 11.6. The molecule has 0 aliphatic heterocycles. The molecular formula is C14H15N9O2. The molecular weight excluding hydrogens is 326 g/mol. The molecule has 0 unspecified atom stereocenters. The second kappa shape index (κ2) is 5.33. The van der Waals surface area contributed by atoms with Crippen LogP contribution in [0.5, 0.6) is 0 Å². The molecule has 0 fully saturated rings. The van der Waals surface area contributed by atoms with Crippen molar-refractivity contribution in [2.45, 2.75) is 26.8 Å². The highest BCUT2D eigenvalue weighted by Gasteiger charge is 2.21. The molecule has 4 aromatic heterocycles. The summed E-state index contributed by atoms with van der Waals surface area (Å²) in [5, 5.41) is 24.7. The molecule has 11 nitrogen and oxygen atoms in total. The van der Waals surface area contributed by atoms with Crippen LogP contribution >= 0.6 is 0 Å². The topological polar surface area (TPSA) is 122 Å². The number of hydrogen-bond donors (Lipinski definition) is 0. The van der Waals surface area contributed by atoms with Crippen molar-refractivity contribution >= 4 is 22.4 Å². The van der Waals surface area contributed by atoms with Gasteiger partial charge in [0.15, 0.2) is 17.1 Å². The zero-order valence-corrected chi connectivity index (χ0v) is 13.9. The van der Waals surface area contributed by atoms with E-state index in [-0.39, 0.29) is 5.69 Å². The zero-order chi connectivity index (χ0) is 17.7. The second-order valence-electron chi connectivity index (χ2n) is 5.80. The SMILES string of the molecule is Cc1nn(CCc2nc3c4cnn(C)c4ncn3n2)c(C)c1[N+](=O)[O-]. The minimum atomic E-state index is -0.401. The maximum atomic E-state index is 11.1. The summed E-state index contributed by atoms with van der Waals surface area (Å²) in [6, 6.07) is 0. The smallest absolute Gasteiger partial charge is 0.262 e. The molecule has 0 aliphatic carbocycles. The van der Waals surface area contributed by atoms with Gasteiger partial charge in [-0.15, -0.1) is 5.10 Å². The molecule has 128 valence electrons. The number of aromatic nitrogens is 8. The van der Waals surface area contributed by atoms with Gasteiger partial charge in [-0.05, 0) is 13.8 Å². The number of hydrogen-bond acceptors (Lipinski definition) is 7. The number of rotatable bonds is 4. The summed E-state index contributed by atoms with van der Waals surface area (Å²) in [6.07, 6.45) is 3.81. The molecule has 0 spiro atoms. The fourth-order valence-corrected chi connectivity index (χ4v) is 2.96. The van der Waals surface area contributed by atoms with Gasteiger partial charge in [0.2, 0.25) is 0 Å². The number of nitro groups is 1. The predicted molar refractivity (Wildman–Crippen MR) is 87.1 cm³/mol. The summed E-state index contributed by atoms with van der Waals surface area (Å²) in [7, 11) is 1.82. The van der Waals surface area contributed by atoms with E-state index >= 15 is 0 Å². The minimum absolute atomic E-state index is 0.0595. The standard InChI is InChI=1S/C14H15N9O2/c1-8-12(23(24)25)9(2)21(18-8)5-4-11-17-14-10-6-16-20(3)13(10)15-7-22(14)19-11/h6-7H,4-5H2,1-3H3. The largest absolute Gasteiger partial charge is 0.312 e. The first-order valence-electron chi connectivity index (χ1n) is 7.66. The molecule has 4 aromatic rings. The van der Waals surface area contributed by atoms with Crippen LogP contribution in [0.3, 0.4) is 0 Å². The third kappa shape index (κ3) is 2.31. The van der Waals surface area contributed by atoms with Gasteiger partial charge in [-0.3, -0.25) is 19.5 Å². The van der Waals surface area contributed by atoms with E-state index in [2.05, 4.69) is 25.3 Å². The fourth-order valence-electron chi connectivity index (χ4n) is 2.96. The van der Waals surface area contributed by atoms with E-state index < -0.39 is 4.92 Å². The Morgan fingerprint density at radius 3 is 2.76 bits per heavy atom. The Bertz CT molecular complexity index is 1120. The number of nitrogens with zero attached hydrogens (tertiary/aromatic N) is 9. The summed E-state index contributed by atoms with van der Waals surface area (Å²) in [5.74, 6) is 0.619. The highest BCUT2D eigenvalue weighted by molar-refractivity contribution is 5.88. The summed E-state index contributed by atoms with van der Waals surface area (Å²) in [4.78, 5) is 19.5. The summed E-state index contributed by atoms with van der Waals surface area (Å²) >= 11 is 0. The van der Waals surface area contributed by atoms with E-state index in [1.54, 1.807) is 40.3 Å². The van der Waals surface area contributed by atoms with E-state index in [4.69, 9.17) is 0 Å². The predicted octanol–water partition coefficient (Wildman–Crippen LogP) is 0.975. The lowest BCUT2D eigenvalue weighted by molar-refractivity contribution is -0.386. The maximum absolute atomic E-state index is 11.1. The van der Waals surface area contributed by atoms with Crippen LogP contribution in [0.2, 0.25) is 0 Å². The summed E-state index contributed by atoms with van der Waals surface area (Å²) < 4.78 is 4.92. The van der Waals surface area contributed by atoms with Crippen LogP contribution in [0.4, 0.5) is 5.69 Å². The maximum Gasteiger partial charge on any atom is 0.312 e. The van der Waals surface area contributed by atoms with Crippen molar-refractivity contribution in [1.82, 2.24) is 39.1 Å². The average molecular weight is 341 g/mol. The van der Waals surface area contributed by atoms with E-state index in [0.29, 0.717) is 35.8 Å².